The molecule has 1 aromatic rings. The average Bonchev–Trinajstić information content (AvgIpc) is 2.58. The molecule has 0 aliphatic carbocycles. The van der Waals surface area contributed by atoms with Crippen LogP contribution in [-0.2, 0) is 0 Å². The van der Waals surface area contributed by atoms with Gasteiger partial charge in [0.15, 0.2) is 0 Å². The standard InChI is InChI=1S/C21H44N5/c1-24(2,16-7-14-22)17-9-19-26(5,6)21-12-10-20(11-13-21)25(3,4)18-8-15-23/h10-13H,7-9,14-19,22-23H2,1-6H3/q+3. The van der Waals surface area contributed by atoms with Crippen LogP contribution in [0.3, 0.4) is 0 Å². The second-order valence-corrected chi connectivity index (χ2v) is 9.35. The maximum absolute atomic E-state index is 5.68. The summed E-state index contributed by atoms with van der Waals surface area (Å²) in [6.07, 6.45) is 3.36. The Morgan fingerprint density at radius 1 is 0.577 bits per heavy atom. The van der Waals surface area contributed by atoms with Crippen LogP contribution in [0.5, 0.6) is 0 Å². The highest BCUT2D eigenvalue weighted by atomic mass is 15.3. The fourth-order valence-electron chi connectivity index (χ4n) is 3.53. The van der Waals surface area contributed by atoms with E-state index in [9.17, 15) is 0 Å². The molecule has 150 valence electrons. The van der Waals surface area contributed by atoms with Crippen molar-refractivity contribution in [3.8, 4) is 0 Å². The molecule has 0 unspecified atom stereocenters. The van der Waals surface area contributed by atoms with E-state index in [4.69, 9.17) is 11.5 Å². The second kappa shape index (κ2) is 9.81. The third kappa shape index (κ3) is 7.33. The first-order valence-corrected chi connectivity index (χ1v) is 10.0. The van der Waals surface area contributed by atoms with Gasteiger partial charge in [0.1, 0.15) is 11.4 Å². The average molecular weight is 367 g/mol. The Kier molecular flexibility index (Phi) is 8.70. The molecule has 1 aromatic carbocycles. The zero-order valence-electron chi connectivity index (χ0n) is 18.2. The quantitative estimate of drug-likeness (QED) is 0.556. The van der Waals surface area contributed by atoms with Gasteiger partial charge in [-0.05, 0) is 13.1 Å². The summed E-state index contributed by atoms with van der Waals surface area (Å²) in [4.78, 5) is 0. The number of nitrogens with zero attached hydrogens (tertiary/aromatic N) is 3. The lowest BCUT2D eigenvalue weighted by molar-refractivity contribution is -0.890. The van der Waals surface area contributed by atoms with Gasteiger partial charge in [-0.25, -0.2) is 0 Å². The zero-order chi connectivity index (χ0) is 19.8. The largest absolute Gasteiger partial charge is 0.330 e. The Morgan fingerprint density at radius 3 is 1.35 bits per heavy atom. The predicted molar refractivity (Wildman–Crippen MR) is 117 cm³/mol. The lowest BCUT2D eigenvalue weighted by atomic mass is 10.2. The highest BCUT2D eigenvalue weighted by Crippen LogP contribution is 2.26. The van der Waals surface area contributed by atoms with E-state index in [1.165, 1.54) is 24.3 Å². The van der Waals surface area contributed by atoms with Gasteiger partial charge in [-0.15, -0.1) is 0 Å². The monoisotopic (exact) mass is 366 g/mol. The van der Waals surface area contributed by atoms with Gasteiger partial charge >= 0.3 is 0 Å². The van der Waals surface area contributed by atoms with Gasteiger partial charge in [-0.1, -0.05) is 0 Å². The minimum atomic E-state index is 0.754. The van der Waals surface area contributed by atoms with Crippen LogP contribution < -0.4 is 20.4 Å². The predicted octanol–water partition coefficient (Wildman–Crippen LogP) is 1.98. The summed E-state index contributed by atoms with van der Waals surface area (Å²) in [6, 6.07) is 9.17. The smallest absolute Gasteiger partial charge is 0.132 e. The molecule has 0 saturated carbocycles. The fraction of sp³-hybridized carbons (Fsp3) is 0.714. The van der Waals surface area contributed by atoms with Crippen LogP contribution in [0.2, 0.25) is 0 Å². The molecule has 0 heterocycles. The molecule has 0 saturated heterocycles. The maximum Gasteiger partial charge on any atom is 0.132 e. The molecule has 0 aliphatic heterocycles. The SMILES string of the molecule is C[N+](C)(CCCN)CCC[N+](C)(C)c1ccc([N+](C)(C)CCCN)cc1. The first kappa shape index (κ1) is 23.1. The summed E-state index contributed by atoms with van der Waals surface area (Å²) in [5.74, 6) is 0. The topological polar surface area (TPSA) is 52.0 Å². The van der Waals surface area contributed by atoms with Crippen molar-refractivity contribution in [1.82, 2.24) is 8.97 Å². The Labute approximate surface area is 161 Å². The van der Waals surface area contributed by atoms with E-state index in [0.717, 1.165) is 59.0 Å². The number of nitrogens with two attached hydrogens (primary N) is 2. The van der Waals surface area contributed by atoms with Crippen molar-refractivity contribution >= 4 is 11.4 Å². The fourth-order valence-corrected chi connectivity index (χ4v) is 3.53. The highest BCUT2D eigenvalue weighted by Gasteiger charge is 2.24. The molecular weight excluding hydrogens is 322 g/mol. The van der Waals surface area contributed by atoms with E-state index >= 15 is 0 Å². The summed E-state index contributed by atoms with van der Waals surface area (Å²) in [6.45, 7) is 6.12. The molecule has 0 amide bonds. The van der Waals surface area contributed by atoms with Gasteiger partial charge in [-0.3, -0.25) is 8.97 Å². The number of quaternary nitrogens is 3. The lowest BCUT2D eigenvalue weighted by Crippen LogP contribution is -2.46. The summed E-state index contributed by atoms with van der Waals surface area (Å²) in [7, 11) is 13.8. The summed E-state index contributed by atoms with van der Waals surface area (Å²) >= 11 is 0. The summed E-state index contributed by atoms with van der Waals surface area (Å²) < 4.78 is 2.87. The first-order chi connectivity index (χ1) is 12.0. The van der Waals surface area contributed by atoms with Crippen molar-refractivity contribution in [2.75, 3.05) is 81.6 Å². The third-order valence-corrected chi connectivity index (χ3v) is 5.62. The molecule has 0 atom stereocenters. The Hall–Kier alpha value is -0.980. The number of hydrogen-bond donors (Lipinski definition) is 2. The normalized spacial score (nSPS) is 13.2. The van der Waals surface area contributed by atoms with Crippen LogP contribution in [0.1, 0.15) is 19.3 Å². The van der Waals surface area contributed by atoms with E-state index in [2.05, 4.69) is 66.6 Å². The van der Waals surface area contributed by atoms with E-state index in [0.29, 0.717) is 0 Å². The van der Waals surface area contributed by atoms with Crippen LogP contribution in [0.4, 0.5) is 11.4 Å². The van der Waals surface area contributed by atoms with Gasteiger partial charge in [0.2, 0.25) is 0 Å². The minimum absolute atomic E-state index is 0.754. The number of benzene rings is 1. The maximum atomic E-state index is 5.68. The van der Waals surface area contributed by atoms with Crippen molar-refractivity contribution in [1.29, 1.82) is 0 Å². The van der Waals surface area contributed by atoms with Crippen LogP contribution >= 0.6 is 0 Å². The molecule has 5 heteroatoms. The molecule has 0 bridgehead atoms. The Bertz CT molecular complexity index is 520. The Balaban J connectivity index is 2.66. The van der Waals surface area contributed by atoms with Crippen LogP contribution in [-0.4, -0.2) is 86.0 Å². The zero-order valence-corrected chi connectivity index (χ0v) is 18.2. The van der Waals surface area contributed by atoms with Crippen molar-refractivity contribution in [3.63, 3.8) is 0 Å². The number of rotatable bonds is 12. The van der Waals surface area contributed by atoms with Crippen molar-refractivity contribution in [3.05, 3.63) is 24.3 Å². The van der Waals surface area contributed by atoms with Gasteiger partial charge in [0.25, 0.3) is 0 Å². The highest BCUT2D eigenvalue weighted by molar-refractivity contribution is 5.52. The van der Waals surface area contributed by atoms with E-state index < -0.39 is 0 Å². The molecule has 26 heavy (non-hydrogen) atoms. The summed E-state index contributed by atoms with van der Waals surface area (Å²) in [5, 5.41) is 0. The van der Waals surface area contributed by atoms with Gasteiger partial charge in [0, 0.05) is 43.5 Å². The van der Waals surface area contributed by atoms with Crippen molar-refractivity contribution in [2.24, 2.45) is 11.5 Å². The van der Waals surface area contributed by atoms with E-state index in [1.807, 2.05) is 0 Å². The van der Waals surface area contributed by atoms with Crippen LogP contribution in [0.15, 0.2) is 24.3 Å². The van der Waals surface area contributed by atoms with E-state index in [-0.39, 0.29) is 0 Å². The first-order valence-electron chi connectivity index (χ1n) is 10.0. The van der Waals surface area contributed by atoms with Gasteiger partial charge in [0.05, 0.1) is 68.5 Å². The molecule has 0 aliphatic rings. The second-order valence-electron chi connectivity index (χ2n) is 9.35. The van der Waals surface area contributed by atoms with E-state index in [1.54, 1.807) is 0 Å². The molecule has 0 fully saturated rings. The molecule has 0 aromatic heterocycles. The van der Waals surface area contributed by atoms with Gasteiger partial charge < -0.3 is 16.0 Å². The molecule has 5 nitrogen and oxygen atoms in total. The molecule has 4 N–H and O–H groups in total. The van der Waals surface area contributed by atoms with Gasteiger partial charge in [-0.2, -0.15) is 0 Å². The molecule has 1 rings (SSSR count). The molecule has 0 radical (unpaired) electrons. The van der Waals surface area contributed by atoms with Crippen molar-refractivity contribution < 1.29 is 4.48 Å². The third-order valence-electron chi connectivity index (χ3n) is 5.62. The van der Waals surface area contributed by atoms with Crippen LogP contribution in [0.25, 0.3) is 0 Å². The Morgan fingerprint density at radius 2 is 0.923 bits per heavy atom. The lowest BCUT2D eigenvalue weighted by Gasteiger charge is -2.34. The molecule has 0 spiro atoms. The van der Waals surface area contributed by atoms with Crippen molar-refractivity contribution in [2.45, 2.75) is 19.3 Å². The molecular formula is C21H44N5+3. The summed E-state index contributed by atoms with van der Waals surface area (Å²) in [5.41, 5.74) is 14.1. The number of hydrogen-bond acceptors (Lipinski definition) is 2. The van der Waals surface area contributed by atoms with Crippen LogP contribution in [0, 0.1) is 0 Å². The minimum Gasteiger partial charge on any atom is -0.330 e.